The topological polar surface area (TPSA) is 31.2 Å². The highest BCUT2D eigenvalue weighted by atomic mass is 32.2. The summed E-state index contributed by atoms with van der Waals surface area (Å²) >= 11 is 3.51. The first-order valence-electron chi connectivity index (χ1n) is 9.72. The second-order valence-corrected chi connectivity index (χ2v) is 9.98. The molecular formula is C23H30N4S2. The largest absolute Gasteiger partial charge is 0.378 e. The predicted molar refractivity (Wildman–Crippen MR) is 133 cm³/mol. The molecule has 1 heterocycles. The highest BCUT2D eigenvalue weighted by Gasteiger charge is 2.31. The summed E-state index contributed by atoms with van der Waals surface area (Å²) in [5.74, 6) is 1.80. The third kappa shape index (κ3) is 5.80. The van der Waals surface area contributed by atoms with Crippen LogP contribution in [0.5, 0.6) is 0 Å². The van der Waals surface area contributed by atoms with E-state index in [9.17, 15) is 0 Å². The van der Waals surface area contributed by atoms with E-state index in [1.165, 1.54) is 22.5 Å². The highest BCUT2D eigenvalue weighted by Crippen LogP contribution is 2.32. The van der Waals surface area contributed by atoms with Crippen LogP contribution < -0.4 is 9.80 Å². The van der Waals surface area contributed by atoms with E-state index in [1.54, 1.807) is 23.5 Å². The van der Waals surface area contributed by atoms with Crippen LogP contribution in [0.1, 0.15) is 25.0 Å². The molecule has 6 heteroatoms. The lowest BCUT2D eigenvalue weighted by atomic mass is 10.1. The highest BCUT2D eigenvalue weighted by molar-refractivity contribution is 8.15. The summed E-state index contributed by atoms with van der Waals surface area (Å²) in [7, 11) is 8.24. The van der Waals surface area contributed by atoms with Crippen LogP contribution in [0.25, 0.3) is 0 Å². The van der Waals surface area contributed by atoms with Gasteiger partial charge in [0.2, 0.25) is 0 Å². The molecule has 0 unspecified atom stereocenters. The van der Waals surface area contributed by atoms with E-state index >= 15 is 0 Å². The maximum Gasteiger partial charge on any atom is 0.185 e. The molecule has 0 radical (unpaired) electrons. The van der Waals surface area contributed by atoms with E-state index in [1.807, 2.05) is 0 Å². The molecule has 2 aromatic carbocycles. The van der Waals surface area contributed by atoms with Gasteiger partial charge in [0.05, 0.1) is 0 Å². The molecule has 0 N–H and O–H groups in total. The van der Waals surface area contributed by atoms with Gasteiger partial charge in [0.15, 0.2) is 5.17 Å². The van der Waals surface area contributed by atoms with Crippen LogP contribution in [-0.4, -0.2) is 43.9 Å². The number of aliphatic imine (C=N–C) groups is 2. The number of amidine groups is 1. The molecule has 0 saturated heterocycles. The quantitative estimate of drug-likeness (QED) is 0.607. The molecular weight excluding hydrogens is 396 g/mol. The lowest BCUT2D eigenvalue weighted by Crippen LogP contribution is -2.23. The van der Waals surface area contributed by atoms with Crippen molar-refractivity contribution >= 4 is 45.1 Å². The molecule has 1 aliphatic heterocycles. The van der Waals surface area contributed by atoms with Gasteiger partial charge in [-0.25, -0.2) is 9.98 Å². The summed E-state index contributed by atoms with van der Waals surface area (Å²) in [6.07, 6.45) is 0. The summed E-state index contributed by atoms with van der Waals surface area (Å²) in [5, 5.41) is 1.98. The Kier molecular flexibility index (Phi) is 6.96. The molecule has 2 aromatic rings. The zero-order valence-corrected chi connectivity index (χ0v) is 19.8. The molecule has 0 aromatic heterocycles. The number of anilines is 2. The zero-order chi connectivity index (χ0) is 21.0. The predicted octanol–water partition coefficient (Wildman–Crippen LogP) is 5.53. The van der Waals surface area contributed by atoms with Crippen LogP contribution >= 0.6 is 23.5 Å². The Morgan fingerprint density at radius 3 is 1.62 bits per heavy atom. The third-order valence-electron chi connectivity index (χ3n) is 4.74. The molecule has 4 nitrogen and oxygen atoms in total. The Balaban J connectivity index is 1.57. The molecule has 0 saturated carbocycles. The van der Waals surface area contributed by atoms with E-state index in [0.29, 0.717) is 0 Å². The molecule has 154 valence electrons. The van der Waals surface area contributed by atoms with Crippen molar-refractivity contribution in [2.24, 2.45) is 9.98 Å². The van der Waals surface area contributed by atoms with Gasteiger partial charge in [-0.15, -0.1) is 11.8 Å². The van der Waals surface area contributed by atoms with E-state index in [-0.39, 0.29) is 5.54 Å². The zero-order valence-electron chi connectivity index (χ0n) is 18.1. The first-order chi connectivity index (χ1) is 13.7. The van der Waals surface area contributed by atoms with E-state index < -0.39 is 0 Å². The van der Waals surface area contributed by atoms with Gasteiger partial charge in [-0.3, -0.25) is 0 Å². The smallest absolute Gasteiger partial charge is 0.185 e. The first kappa shape index (κ1) is 21.8. The van der Waals surface area contributed by atoms with Crippen LogP contribution in [0, 0.1) is 0 Å². The average molecular weight is 427 g/mol. The Morgan fingerprint density at radius 1 is 0.724 bits per heavy atom. The summed E-state index contributed by atoms with van der Waals surface area (Å²) in [6.45, 7) is 4.29. The van der Waals surface area contributed by atoms with Gasteiger partial charge in [0, 0.05) is 51.1 Å². The van der Waals surface area contributed by atoms with E-state index in [0.717, 1.165) is 21.7 Å². The Morgan fingerprint density at radius 2 is 1.17 bits per heavy atom. The fourth-order valence-corrected chi connectivity index (χ4v) is 4.93. The molecule has 3 rings (SSSR count). The Bertz CT molecular complexity index is 882. The van der Waals surface area contributed by atoms with Crippen molar-refractivity contribution in [3.05, 3.63) is 59.7 Å². The minimum atomic E-state index is -0.245. The molecule has 0 bridgehead atoms. The van der Waals surface area contributed by atoms with Crippen molar-refractivity contribution < 1.29 is 0 Å². The fraction of sp³-hybridized carbons (Fsp3) is 0.391. The molecule has 0 atom stereocenters. The van der Waals surface area contributed by atoms with Crippen molar-refractivity contribution in [2.45, 2.75) is 30.9 Å². The van der Waals surface area contributed by atoms with Crippen LogP contribution in [0.3, 0.4) is 0 Å². The SMILES string of the molecule is CN(C)c1ccc(CSC2=NC(C)(C)C(SCc3ccc(N(C)C)cc3)=N2)cc1. The number of benzene rings is 2. The Hall–Kier alpha value is -1.92. The van der Waals surface area contributed by atoms with Crippen molar-refractivity contribution in [1.29, 1.82) is 0 Å². The normalized spacial score (nSPS) is 15.1. The summed E-state index contributed by atoms with van der Waals surface area (Å²) in [6, 6.07) is 17.4. The summed E-state index contributed by atoms with van der Waals surface area (Å²) < 4.78 is 0. The third-order valence-corrected chi connectivity index (χ3v) is 7.01. The number of rotatable bonds is 6. The molecule has 0 amide bonds. The van der Waals surface area contributed by atoms with Crippen LogP contribution in [0.15, 0.2) is 58.5 Å². The second-order valence-electron chi connectivity index (χ2n) is 8.07. The molecule has 0 fully saturated rings. The fourth-order valence-electron chi connectivity index (χ4n) is 2.89. The van der Waals surface area contributed by atoms with Gasteiger partial charge in [-0.2, -0.15) is 0 Å². The van der Waals surface area contributed by atoms with Crippen molar-refractivity contribution in [3.63, 3.8) is 0 Å². The first-order valence-corrected chi connectivity index (χ1v) is 11.7. The number of thioether (sulfide) groups is 2. The Labute approximate surface area is 183 Å². The lowest BCUT2D eigenvalue weighted by molar-refractivity contribution is 0.728. The van der Waals surface area contributed by atoms with E-state index in [4.69, 9.17) is 9.98 Å². The average Bonchev–Trinajstić information content (AvgIpc) is 2.98. The van der Waals surface area contributed by atoms with Gasteiger partial charge >= 0.3 is 0 Å². The maximum atomic E-state index is 4.85. The number of nitrogens with zero attached hydrogens (tertiary/aromatic N) is 4. The van der Waals surface area contributed by atoms with E-state index in [2.05, 4.69) is 100 Å². The van der Waals surface area contributed by atoms with Crippen molar-refractivity contribution in [1.82, 2.24) is 0 Å². The van der Waals surface area contributed by atoms with Crippen LogP contribution in [0.2, 0.25) is 0 Å². The monoisotopic (exact) mass is 426 g/mol. The molecule has 0 aliphatic carbocycles. The summed E-state index contributed by atoms with van der Waals surface area (Å²) in [4.78, 5) is 13.9. The summed E-state index contributed by atoms with van der Waals surface area (Å²) in [5.41, 5.74) is 4.79. The van der Waals surface area contributed by atoms with Crippen LogP contribution in [0.4, 0.5) is 11.4 Å². The van der Waals surface area contributed by atoms with Gasteiger partial charge in [-0.1, -0.05) is 36.0 Å². The maximum absolute atomic E-state index is 4.85. The van der Waals surface area contributed by atoms with Gasteiger partial charge in [0.1, 0.15) is 10.6 Å². The lowest BCUT2D eigenvalue weighted by Gasteiger charge is -2.16. The van der Waals surface area contributed by atoms with Gasteiger partial charge in [-0.05, 0) is 49.2 Å². The number of hydrogen-bond donors (Lipinski definition) is 0. The van der Waals surface area contributed by atoms with Gasteiger partial charge < -0.3 is 9.80 Å². The standard InChI is InChI=1S/C23H30N4S2/c1-23(2)21(28-15-17-7-11-19(12-8-17)26(3)4)24-22(25-23)29-16-18-9-13-20(14-10-18)27(5)6/h7-14H,15-16H2,1-6H3. The van der Waals surface area contributed by atoms with Crippen LogP contribution in [-0.2, 0) is 11.5 Å². The van der Waals surface area contributed by atoms with Crippen molar-refractivity contribution in [3.8, 4) is 0 Å². The van der Waals surface area contributed by atoms with Gasteiger partial charge in [0.25, 0.3) is 0 Å². The second kappa shape index (κ2) is 9.26. The number of hydrogen-bond acceptors (Lipinski definition) is 6. The molecule has 29 heavy (non-hydrogen) atoms. The molecule has 1 aliphatic rings. The molecule has 0 spiro atoms. The minimum Gasteiger partial charge on any atom is -0.378 e. The minimum absolute atomic E-state index is 0.245. The van der Waals surface area contributed by atoms with Crippen molar-refractivity contribution in [2.75, 3.05) is 38.0 Å².